The number of hydrogen-bond donors (Lipinski definition) is 1. The third kappa shape index (κ3) is 6.02. The lowest BCUT2D eigenvalue weighted by Crippen LogP contribution is -2.38. The van der Waals surface area contributed by atoms with Gasteiger partial charge in [-0.05, 0) is 43.4 Å². The number of aliphatic imine (C=N–C) groups is 1. The van der Waals surface area contributed by atoms with Crippen LogP contribution in [0.1, 0.15) is 45.1 Å². The number of aldehydes is 1. The molecule has 2 amide bonds. The smallest absolute Gasteiger partial charge is 0.345 e. The summed E-state index contributed by atoms with van der Waals surface area (Å²) in [6.07, 6.45) is 4.06. The molecular formula is C23H31F2N3O3. The largest absolute Gasteiger partial charge is 0.493 e. The Kier molecular flexibility index (Phi) is 7.62. The molecule has 8 heteroatoms. The molecular weight excluding hydrogens is 404 g/mol. The Morgan fingerprint density at radius 3 is 2.52 bits per heavy atom. The third-order valence-corrected chi connectivity index (χ3v) is 6.37. The summed E-state index contributed by atoms with van der Waals surface area (Å²) in [6, 6.07) is 2.02. The minimum atomic E-state index is -0.757. The molecule has 0 radical (unpaired) electrons. The Balaban J connectivity index is 1.39. The van der Waals surface area contributed by atoms with Gasteiger partial charge in [-0.15, -0.1) is 0 Å². The molecule has 2 unspecified atom stereocenters. The zero-order chi connectivity index (χ0) is 22.5. The molecule has 2 fully saturated rings. The van der Waals surface area contributed by atoms with Gasteiger partial charge in [0.15, 0.2) is 0 Å². The summed E-state index contributed by atoms with van der Waals surface area (Å²) in [5.41, 5.74) is 5.56. The molecule has 2 N–H and O–H groups in total. The zero-order valence-corrected chi connectivity index (χ0v) is 18.2. The van der Waals surface area contributed by atoms with E-state index < -0.39 is 11.6 Å². The molecule has 1 heterocycles. The van der Waals surface area contributed by atoms with Crippen LogP contribution in [-0.2, 0) is 11.2 Å². The Morgan fingerprint density at radius 1 is 1.29 bits per heavy atom. The molecule has 0 aromatic heterocycles. The topological polar surface area (TPSA) is 85.0 Å². The van der Waals surface area contributed by atoms with E-state index in [2.05, 4.69) is 4.99 Å². The molecule has 1 aliphatic heterocycles. The van der Waals surface area contributed by atoms with Gasteiger partial charge < -0.3 is 20.2 Å². The number of likely N-dealkylation sites (tertiary alicyclic amines) is 1. The first kappa shape index (κ1) is 23.2. The fourth-order valence-electron chi connectivity index (χ4n) is 4.28. The highest BCUT2D eigenvalue weighted by Crippen LogP contribution is 2.49. The SMILES string of the molecule is CC(C)/C(N)=N/C(=O)N1CCC(C2CC2CCOc2cc(F)c(CC=O)c(F)c2)CC1. The maximum atomic E-state index is 13.9. The minimum Gasteiger partial charge on any atom is -0.493 e. The van der Waals surface area contributed by atoms with E-state index in [4.69, 9.17) is 10.5 Å². The number of hydrogen-bond acceptors (Lipinski definition) is 3. The Hall–Kier alpha value is -2.51. The molecule has 0 spiro atoms. The number of rotatable bonds is 8. The number of benzene rings is 1. The summed E-state index contributed by atoms with van der Waals surface area (Å²) >= 11 is 0. The highest BCUT2D eigenvalue weighted by Gasteiger charge is 2.43. The number of halogens is 2. The lowest BCUT2D eigenvalue weighted by molar-refractivity contribution is -0.107. The van der Waals surface area contributed by atoms with Crippen molar-refractivity contribution in [2.75, 3.05) is 19.7 Å². The van der Waals surface area contributed by atoms with E-state index in [-0.39, 0.29) is 29.7 Å². The standard InChI is InChI=1S/C23H31F2N3O3/c1-14(2)22(26)27-23(30)28-7-3-15(4-8-28)19-11-16(19)6-10-31-17-12-20(24)18(5-9-29)21(25)13-17/h9,12-16,19H,3-8,10-11H2,1-2H3,(H2,26,27,30). The molecule has 1 aromatic rings. The third-order valence-electron chi connectivity index (χ3n) is 6.37. The molecule has 0 bridgehead atoms. The van der Waals surface area contributed by atoms with Gasteiger partial charge in [-0.3, -0.25) is 0 Å². The van der Waals surface area contributed by atoms with Crippen molar-refractivity contribution < 1.29 is 23.1 Å². The van der Waals surface area contributed by atoms with E-state index in [1.54, 1.807) is 4.90 Å². The minimum absolute atomic E-state index is 0.0539. The molecule has 170 valence electrons. The van der Waals surface area contributed by atoms with E-state index in [0.717, 1.165) is 37.8 Å². The van der Waals surface area contributed by atoms with Gasteiger partial charge in [-0.1, -0.05) is 13.8 Å². The zero-order valence-electron chi connectivity index (χ0n) is 18.2. The Bertz CT molecular complexity index is 812. The number of nitrogens with zero attached hydrogens (tertiary/aromatic N) is 2. The van der Waals surface area contributed by atoms with E-state index in [0.29, 0.717) is 49.6 Å². The summed E-state index contributed by atoms with van der Waals surface area (Å²) in [7, 11) is 0. The normalized spacial score (nSPS) is 22.0. The van der Waals surface area contributed by atoms with Crippen molar-refractivity contribution >= 4 is 18.2 Å². The van der Waals surface area contributed by atoms with E-state index in [9.17, 15) is 18.4 Å². The quantitative estimate of drug-likeness (QED) is 0.381. The van der Waals surface area contributed by atoms with Crippen molar-refractivity contribution in [1.29, 1.82) is 0 Å². The van der Waals surface area contributed by atoms with Crippen LogP contribution in [0.15, 0.2) is 17.1 Å². The van der Waals surface area contributed by atoms with Gasteiger partial charge in [0, 0.05) is 43.1 Å². The predicted octanol–water partition coefficient (Wildman–Crippen LogP) is 3.96. The highest BCUT2D eigenvalue weighted by molar-refractivity contribution is 5.93. The number of nitrogens with two attached hydrogens (primary N) is 1. The van der Waals surface area contributed by atoms with Crippen LogP contribution in [0.4, 0.5) is 13.6 Å². The molecule has 3 rings (SSSR count). The van der Waals surface area contributed by atoms with Crippen LogP contribution in [0.25, 0.3) is 0 Å². The van der Waals surface area contributed by atoms with Crippen LogP contribution >= 0.6 is 0 Å². The average Bonchev–Trinajstić information content (AvgIpc) is 3.50. The van der Waals surface area contributed by atoms with Crippen molar-refractivity contribution in [2.45, 2.75) is 46.0 Å². The lowest BCUT2D eigenvalue weighted by atomic mass is 9.90. The second kappa shape index (κ2) is 10.2. The second-order valence-electron chi connectivity index (χ2n) is 8.83. The molecule has 1 aromatic carbocycles. The van der Waals surface area contributed by atoms with Crippen molar-refractivity contribution in [1.82, 2.24) is 4.90 Å². The molecule has 1 saturated heterocycles. The van der Waals surface area contributed by atoms with E-state index in [1.165, 1.54) is 0 Å². The molecule has 31 heavy (non-hydrogen) atoms. The number of urea groups is 1. The van der Waals surface area contributed by atoms with Crippen molar-refractivity contribution in [3.05, 3.63) is 29.3 Å². The van der Waals surface area contributed by atoms with Gasteiger partial charge in [0.25, 0.3) is 0 Å². The molecule has 2 aliphatic rings. The van der Waals surface area contributed by atoms with Gasteiger partial charge in [-0.25, -0.2) is 13.6 Å². The number of piperidine rings is 1. The molecule has 1 saturated carbocycles. The highest BCUT2D eigenvalue weighted by atomic mass is 19.1. The monoisotopic (exact) mass is 435 g/mol. The number of amidine groups is 1. The van der Waals surface area contributed by atoms with E-state index in [1.807, 2.05) is 13.8 Å². The first-order chi connectivity index (χ1) is 14.8. The van der Waals surface area contributed by atoms with Crippen LogP contribution in [0.3, 0.4) is 0 Å². The summed E-state index contributed by atoms with van der Waals surface area (Å²) in [6.45, 7) is 5.61. The summed E-state index contributed by atoms with van der Waals surface area (Å²) in [4.78, 5) is 28.5. The number of carbonyl (C=O) groups is 2. The maximum Gasteiger partial charge on any atom is 0.345 e. The number of amides is 2. The van der Waals surface area contributed by atoms with Gasteiger partial charge in [0.05, 0.1) is 6.61 Å². The number of ether oxygens (including phenoxy) is 1. The van der Waals surface area contributed by atoms with Gasteiger partial charge in [0.2, 0.25) is 0 Å². The fourth-order valence-corrected chi connectivity index (χ4v) is 4.28. The van der Waals surface area contributed by atoms with Crippen LogP contribution in [0.2, 0.25) is 0 Å². The second-order valence-corrected chi connectivity index (χ2v) is 8.83. The molecule has 1 aliphatic carbocycles. The Morgan fingerprint density at radius 2 is 1.94 bits per heavy atom. The first-order valence-corrected chi connectivity index (χ1v) is 11.0. The van der Waals surface area contributed by atoms with Crippen molar-refractivity contribution in [3.8, 4) is 5.75 Å². The Labute approximate surface area is 181 Å². The van der Waals surface area contributed by atoms with Crippen LogP contribution in [0, 0.1) is 35.3 Å². The van der Waals surface area contributed by atoms with Gasteiger partial charge >= 0.3 is 6.03 Å². The van der Waals surface area contributed by atoms with Gasteiger partial charge in [0.1, 0.15) is 29.5 Å². The average molecular weight is 436 g/mol. The maximum absolute atomic E-state index is 13.9. The molecule has 2 atom stereocenters. The summed E-state index contributed by atoms with van der Waals surface area (Å²) in [5.74, 6) is 0.803. The lowest BCUT2D eigenvalue weighted by Gasteiger charge is -2.31. The molecule has 6 nitrogen and oxygen atoms in total. The predicted molar refractivity (Wildman–Crippen MR) is 114 cm³/mol. The van der Waals surface area contributed by atoms with E-state index >= 15 is 0 Å². The van der Waals surface area contributed by atoms with Crippen LogP contribution in [0.5, 0.6) is 5.75 Å². The van der Waals surface area contributed by atoms with Crippen molar-refractivity contribution in [3.63, 3.8) is 0 Å². The van der Waals surface area contributed by atoms with Crippen molar-refractivity contribution in [2.24, 2.45) is 34.4 Å². The fraction of sp³-hybridized carbons (Fsp3) is 0.609. The van der Waals surface area contributed by atoms with Gasteiger partial charge in [-0.2, -0.15) is 4.99 Å². The summed E-state index contributed by atoms with van der Waals surface area (Å²) < 4.78 is 33.3. The van der Waals surface area contributed by atoms with Crippen LogP contribution in [-0.4, -0.2) is 42.7 Å². The van der Waals surface area contributed by atoms with Crippen LogP contribution < -0.4 is 10.5 Å². The number of carbonyl (C=O) groups excluding carboxylic acids is 2. The summed E-state index contributed by atoms with van der Waals surface area (Å²) in [5, 5.41) is 0. The first-order valence-electron chi connectivity index (χ1n) is 11.0.